The molecule has 0 saturated carbocycles. The average Bonchev–Trinajstić information content (AvgIpc) is 2.54. The van der Waals surface area contributed by atoms with Gasteiger partial charge in [0.1, 0.15) is 5.60 Å². The average molecular weight is 365 g/mol. The van der Waals surface area contributed by atoms with E-state index >= 15 is 0 Å². The molecule has 0 fully saturated rings. The van der Waals surface area contributed by atoms with Crippen LogP contribution in [0.4, 0.5) is 9.59 Å². The second-order valence-electron chi connectivity index (χ2n) is 6.72. The third kappa shape index (κ3) is 9.51. The molecule has 0 atom stereocenters. The van der Waals surface area contributed by atoms with Crippen LogP contribution in [0.2, 0.25) is 0 Å². The maximum atomic E-state index is 11.8. The van der Waals surface area contributed by atoms with Gasteiger partial charge in [-0.15, -0.1) is 0 Å². The molecule has 0 saturated heterocycles. The van der Waals surface area contributed by atoms with E-state index in [9.17, 15) is 19.5 Å². The highest BCUT2D eigenvalue weighted by Crippen LogP contribution is 2.06. The van der Waals surface area contributed by atoms with Crippen molar-refractivity contribution in [2.75, 3.05) is 19.6 Å². The Bertz CT molecular complexity index is 599. The molecule has 0 aliphatic rings. The Hall–Kier alpha value is -2.77. The highest BCUT2D eigenvalue weighted by Gasteiger charge is 2.16. The summed E-state index contributed by atoms with van der Waals surface area (Å²) in [4.78, 5) is 35.8. The number of nitrogens with zero attached hydrogens (tertiary/aromatic N) is 1. The summed E-state index contributed by atoms with van der Waals surface area (Å²) in [6, 6.07) is 9.18. The normalized spacial score (nSPS) is 10.7. The van der Waals surface area contributed by atoms with Crippen LogP contribution in [0.15, 0.2) is 30.3 Å². The van der Waals surface area contributed by atoms with Crippen LogP contribution in [0.1, 0.15) is 32.8 Å². The predicted octanol–water partition coefficient (Wildman–Crippen LogP) is 2.20. The number of hydrogen-bond donors (Lipinski definition) is 3. The molecule has 0 aromatic heterocycles. The van der Waals surface area contributed by atoms with E-state index in [1.807, 2.05) is 30.3 Å². The quantitative estimate of drug-likeness (QED) is 0.612. The van der Waals surface area contributed by atoms with Crippen LogP contribution < -0.4 is 10.6 Å². The third-order valence-electron chi connectivity index (χ3n) is 3.21. The second-order valence-corrected chi connectivity index (χ2v) is 6.72. The molecule has 0 aliphatic heterocycles. The molecule has 0 spiro atoms. The predicted molar refractivity (Wildman–Crippen MR) is 96.7 cm³/mol. The molecular weight excluding hydrogens is 338 g/mol. The van der Waals surface area contributed by atoms with Gasteiger partial charge in [0.05, 0.1) is 0 Å². The van der Waals surface area contributed by atoms with Crippen LogP contribution in [0.25, 0.3) is 0 Å². The molecule has 26 heavy (non-hydrogen) atoms. The van der Waals surface area contributed by atoms with Gasteiger partial charge in [-0.05, 0) is 26.3 Å². The summed E-state index contributed by atoms with van der Waals surface area (Å²) < 4.78 is 5.07. The van der Waals surface area contributed by atoms with Gasteiger partial charge in [-0.3, -0.25) is 4.79 Å². The Labute approximate surface area is 153 Å². The van der Waals surface area contributed by atoms with Crippen LogP contribution >= 0.6 is 0 Å². The summed E-state index contributed by atoms with van der Waals surface area (Å²) in [5.74, 6) is -0.282. The summed E-state index contributed by atoms with van der Waals surface area (Å²) in [5, 5.41) is 14.4. The smallest absolute Gasteiger partial charge is 0.407 e. The van der Waals surface area contributed by atoms with Crippen molar-refractivity contribution < 1.29 is 24.2 Å². The zero-order valence-electron chi connectivity index (χ0n) is 15.4. The first-order chi connectivity index (χ1) is 12.2. The highest BCUT2D eigenvalue weighted by molar-refractivity contribution is 5.77. The van der Waals surface area contributed by atoms with Crippen LogP contribution in [0.3, 0.4) is 0 Å². The van der Waals surface area contributed by atoms with Crippen molar-refractivity contribution in [1.29, 1.82) is 0 Å². The zero-order chi connectivity index (χ0) is 19.6. The van der Waals surface area contributed by atoms with Crippen molar-refractivity contribution in [2.24, 2.45) is 0 Å². The SMILES string of the molecule is CC(C)(C)OC(=O)NCCNC(=O)CCN(Cc1ccccc1)C(=O)O. The molecule has 0 heterocycles. The molecule has 144 valence electrons. The minimum atomic E-state index is -1.08. The summed E-state index contributed by atoms with van der Waals surface area (Å²) in [7, 11) is 0. The number of rotatable bonds is 8. The van der Waals surface area contributed by atoms with Gasteiger partial charge >= 0.3 is 12.2 Å². The number of carbonyl (C=O) groups is 3. The maximum absolute atomic E-state index is 11.8. The van der Waals surface area contributed by atoms with Gasteiger partial charge < -0.3 is 25.4 Å². The van der Waals surface area contributed by atoms with Gasteiger partial charge in [0, 0.05) is 32.6 Å². The Balaban J connectivity index is 2.27. The maximum Gasteiger partial charge on any atom is 0.407 e. The lowest BCUT2D eigenvalue weighted by atomic mass is 10.2. The lowest BCUT2D eigenvalue weighted by Gasteiger charge is -2.20. The van der Waals surface area contributed by atoms with Crippen molar-refractivity contribution in [1.82, 2.24) is 15.5 Å². The molecule has 1 aromatic carbocycles. The molecule has 8 nitrogen and oxygen atoms in total. The zero-order valence-corrected chi connectivity index (χ0v) is 15.4. The monoisotopic (exact) mass is 365 g/mol. The number of amides is 3. The molecule has 3 N–H and O–H groups in total. The Morgan fingerprint density at radius 2 is 1.69 bits per heavy atom. The molecule has 0 aliphatic carbocycles. The molecule has 8 heteroatoms. The fourth-order valence-corrected chi connectivity index (χ4v) is 2.05. The number of benzene rings is 1. The van der Waals surface area contributed by atoms with Crippen molar-refractivity contribution in [3.8, 4) is 0 Å². The first kappa shape index (κ1) is 21.3. The molecule has 0 unspecified atom stereocenters. The van der Waals surface area contributed by atoms with Crippen molar-refractivity contribution in [2.45, 2.75) is 39.3 Å². The van der Waals surface area contributed by atoms with E-state index in [4.69, 9.17) is 4.74 Å². The fraction of sp³-hybridized carbons (Fsp3) is 0.500. The van der Waals surface area contributed by atoms with Gasteiger partial charge in [-0.1, -0.05) is 30.3 Å². The van der Waals surface area contributed by atoms with Gasteiger partial charge in [0.15, 0.2) is 0 Å². The van der Waals surface area contributed by atoms with Gasteiger partial charge in [-0.25, -0.2) is 9.59 Å². The second kappa shape index (κ2) is 10.3. The van der Waals surface area contributed by atoms with Crippen molar-refractivity contribution in [3.63, 3.8) is 0 Å². The van der Waals surface area contributed by atoms with Crippen LogP contribution in [0, 0.1) is 0 Å². The first-order valence-corrected chi connectivity index (χ1v) is 8.43. The van der Waals surface area contributed by atoms with E-state index in [1.165, 1.54) is 4.90 Å². The first-order valence-electron chi connectivity index (χ1n) is 8.43. The Morgan fingerprint density at radius 3 is 2.27 bits per heavy atom. The van der Waals surface area contributed by atoms with Gasteiger partial charge in [-0.2, -0.15) is 0 Å². The van der Waals surface area contributed by atoms with E-state index in [0.717, 1.165) is 5.56 Å². The molecule has 1 rings (SSSR count). The summed E-state index contributed by atoms with van der Waals surface area (Å²) in [6.45, 7) is 6.07. The van der Waals surface area contributed by atoms with Crippen molar-refractivity contribution in [3.05, 3.63) is 35.9 Å². The number of carboxylic acid groups (broad SMARTS) is 1. The summed E-state index contributed by atoms with van der Waals surface area (Å²) >= 11 is 0. The minimum Gasteiger partial charge on any atom is -0.465 e. The van der Waals surface area contributed by atoms with Crippen LogP contribution in [-0.4, -0.2) is 53.3 Å². The lowest BCUT2D eigenvalue weighted by Crippen LogP contribution is -2.39. The molecule has 3 amide bonds. The van der Waals surface area contributed by atoms with E-state index in [0.29, 0.717) is 0 Å². The Kier molecular flexibility index (Phi) is 8.41. The molecule has 0 bridgehead atoms. The van der Waals surface area contributed by atoms with E-state index < -0.39 is 17.8 Å². The third-order valence-corrected chi connectivity index (χ3v) is 3.21. The minimum absolute atomic E-state index is 0.0472. The number of nitrogens with one attached hydrogen (secondary N) is 2. The molecular formula is C18H27N3O5. The fourth-order valence-electron chi connectivity index (χ4n) is 2.05. The highest BCUT2D eigenvalue weighted by atomic mass is 16.6. The number of hydrogen-bond acceptors (Lipinski definition) is 4. The van der Waals surface area contributed by atoms with E-state index in [2.05, 4.69) is 10.6 Å². The van der Waals surface area contributed by atoms with Crippen molar-refractivity contribution >= 4 is 18.1 Å². The number of ether oxygens (including phenoxy) is 1. The molecule has 0 radical (unpaired) electrons. The molecule has 1 aromatic rings. The largest absolute Gasteiger partial charge is 0.465 e. The lowest BCUT2D eigenvalue weighted by molar-refractivity contribution is -0.121. The standard InChI is InChI=1S/C18H27N3O5/c1-18(2,3)26-16(23)20-11-10-19-15(22)9-12-21(17(24)25)13-14-7-5-4-6-8-14/h4-8H,9-13H2,1-3H3,(H,19,22)(H,20,23)(H,24,25). The van der Waals surface area contributed by atoms with Crippen LogP contribution in [0.5, 0.6) is 0 Å². The summed E-state index contributed by atoms with van der Waals surface area (Å²) in [6.07, 6.45) is -1.58. The Morgan fingerprint density at radius 1 is 1.08 bits per heavy atom. The van der Waals surface area contributed by atoms with Gasteiger partial charge in [0.2, 0.25) is 5.91 Å². The van der Waals surface area contributed by atoms with Crippen LogP contribution in [-0.2, 0) is 16.1 Å². The van der Waals surface area contributed by atoms with Gasteiger partial charge in [0.25, 0.3) is 0 Å². The topological polar surface area (TPSA) is 108 Å². The number of alkyl carbamates (subject to hydrolysis) is 1. The summed E-state index contributed by atoms with van der Waals surface area (Å²) in [5.41, 5.74) is 0.281. The van der Waals surface area contributed by atoms with E-state index in [1.54, 1.807) is 20.8 Å². The number of carbonyl (C=O) groups excluding carboxylic acids is 2. The van der Waals surface area contributed by atoms with E-state index in [-0.39, 0.29) is 38.5 Å².